The molecule has 0 aliphatic carbocycles. The molecule has 5 heavy (non-hydrogen) atoms. The van der Waals surface area contributed by atoms with Gasteiger partial charge in [0, 0.05) is 0 Å². The first-order valence-electron chi connectivity index (χ1n) is 1.67. The molecule has 0 nitrogen and oxygen atoms in total. The number of hydrogen-bond donors (Lipinski definition) is 0. The summed E-state index contributed by atoms with van der Waals surface area (Å²) in [4.78, 5) is 4.56. The second-order valence-electron chi connectivity index (χ2n) is 0.962. The molecule has 0 N–H and O–H groups in total. The molecule has 25 valence electrons. The van der Waals surface area contributed by atoms with Crippen molar-refractivity contribution in [3.05, 3.63) is 22.0 Å². The quantitative estimate of drug-likeness (QED) is 0.413. The molecule has 0 aromatic rings. The molecule has 0 atom stereocenters. The molecule has 0 aromatic heterocycles. The Morgan fingerprint density at radius 3 is 1.80 bits per heavy atom. The van der Waals surface area contributed by atoms with Crippen LogP contribution in [0.2, 0.25) is 0 Å². The van der Waals surface area contributed by atoms with E-state index in [9.17, 15) is 0 Å². The van der Waals surface area contributed by atoms with E-state index in [-0.39, 0.29) is 15.4 Å². The maximum atomic E-state index is 2.28. The topological polar surface area (TPSA) is 0 Å². The summed E-state index contributed by atoms with van der Waals surface area (Å²) in [6.07, 6.45) is 4.25. The average Bonchev–Trinajstić information content (AvgIpc) is 1.76. The van der Waals surface area contributed by atoms with Crippen molar-refractivity contribution in [3.63, 3.8) is 0 Å². The predicted octanol–water partition coefficient (Wildman–Crippen LogP) is 0.464. The standard InChI is InChI=1S/C4H5Ge/c1-2-4-5-3-1/h1-5H. The third kappa shape index (κ3) is 0.652. The second-order valence-corrected chi connectivity index (χ2v) is 3.38. The molecule has 1 aliphatic heterocycles. The van der Waals surface area contributed by atoms with Gasteiger partial charge in [-0.25, -0.2) is 0 Å². The second kappa shape index (κ2) is 1.46. The van der Waals surface area contributed by atoms with E-state index in [2.05, 4.69) is 22.0 Å². The fourth-order valence-corrected chi connectivity index (χ4v) is 1.67. The monoisotopic (exact) mass is 127 g/mol. The molecule has 0 aromatic carbocycles. The third-order valence-corrected chi connectivity index (χ3v) is 2.42. The molecular weight excluding hydrogens is 121 g/mol. The van der Waals surface area contributed by atoms with Gasteiger partial charge in [0.15, 0.2) is 0 Å². The molecule has 0 spiro atoms. The number of hydrogen-bond acceptors (Lipinski definition) is 0. The Balaban J connectivity index is 2.61. The zero-order chi connectivity index (χ0) is 3.54. The third-order valence-electron chi connectivity index (χ3n) is 0.556. The molecular formula is C4H5Ge. The van der Waals surface area contributed by atoms with Gasteiger partial charge < -0.3 is 0 Å². The molecule has 0 unspecified atom stereocenters. The molecule has 0 saturated heterocycles. The Labute approximate surface area is 38.0 Å². The first-order valence-corrected chi connectivity index (χ1v) is 4.46. The fraction of sp³-hybridized carbons (Fsp3) is 0. The van der Waals surface area contributed by atoms with Crippen LogP contribution in [0.1, 0.15) is 0 Å². The molecule has 1 radical (unpaired) electrons. The summed E-state index contributed by atoms with van der Waals surface area (Å²) < 4.78 is 0. The van der Waals surface area contributed by atoms with Gasteiger partial charge in [-0.2, -0.15) is 0 Å². The summed E-state index contributed by atoms with van der Waals surface area (Å²) in [5, 5.41) is 0. The van der Waals surface area contributed by atoms with Gasteiger partial charge in [0.2, 0.25) is 0 Å². The van der Waals surface area contributed by atoms with E-state index in [1.165, 1.54) is 0 Å². The first-order chi connectivity index (χ1) is 2.50. The Morgan fingerprint density at radius 2 is 1.60 bits per heavy atom. The molecule has 1 heteroatoms. The van der Waals surface area contributed by atoms with Gasteiger partial charge in [0.1, 0.15) is 0 Å². The van der Waals surface area contributed by atoms with Crippen LogP contribution in [0.4, 0.5) is 0 Å². The first kappa shape index (κ1) is 3.22. The van der Waals surface area contributed by atoms with Crippen LogP contribution in [0.15, 0.2) is 22.0 Å². The SMILES string of the molecule is C1=[CH][GeH][CH]=C1. The van der Waals surface area contributed by atoms with Crippen LogP contribution in [-0.4, -0.2) is 15.4 Å². The van der Waals surface area contributed by atoms with Crippen LogP contribution in [0, 0.1) is 0 Å². The zero-order valence-electron chi connectivity index (χ0n) is 2.89. The van der Waals surface area contributed by atoms with Crippen LogP contribution in [0.5, 0.6) is 0 Å². The van der Waals surface area contributed by atoms with Gasteiger partial charge in [0.05, 0.1) is 0 Å². The van der Waals surface area contributed by atoms with E-state index in [1.807, 2.05) is 0 Å². The van der Waals surface area contributed by atoms with E-state index in [4.69, 9.17) is 0 Å². The normalized spacial score (nSPS) is 17.6. The van der Waals surface area contributed by atoms with Crippen LogP contribution in [0.25, 0.3) is 0 Å². The molecule has 0 bridgehead atoms. The van der Waals surface area contributed by atoms with Gasteiger partial charge in [0.25, 0.3) is 0 Å². The molecule has 0 fully saturated rings. The minimum absolute atomic E-state index is 0.0625. The van der Waals surface area contributed by atoms with Crippen LogP contribution in [0.3, 0.4) is 0 Å². The van der Waals surface area contributed by atoms with E-state index >= 15 is 0 Å². The average molecular weight is 126 g/mol. The molecule has 0 saturated carbocycles. The molecule has 0 amide bonds. The summed E-state index contributed by atoms with van der Waals surface area (Å²) in [6.45, 7) is 0. The van der Waals surface area contributed by atoms with Crippen molar-refractivity contribution in [3.8, 4) is 0 Å². The Hall–Kier alpha value is 0.0229. The predicted molar refractivity (Wildman–Crippen MR) is 25.4 cm³/mol. The Kier molecular flexibility index (Phi) is 0.939. The Morgan fingerprint density at radius 1 is 1.00 bits per heavy atom. The Bertz CT molecular complexity index is 61.7. The van der Waals surface area contributed by atoms with Crippen molar-refractivity contribution >= 4 is 15.4 Å². The molecule has 1 aliphatic rings. The van der Waals surface area contributed by atoms with E-state index in [0.717, 1.165) is 0 Å². The van der Waals surface area contributed by atoms with Gasteiger partial charge in [-0.05, 0) is 0 Å². The van der Waals surface area contributed by atoms with Gasteiger partial charge in [-0.15, -0.1) is 0 Å². The van der Waals surface area contributed by atoms with Gasteiger partial charge >= 0.3 is 37.4 Å². The van der Waals surface area contributed by atoms with Gasteiger partial charge in [-0.1, -0.05) is 0 Å². The zero-order valence-corrected chi connectivity index (χ0v) is 5.31. The van der Waals surface area contributed by atoms with Crippen molar-refractivity contribution in [1.82, 2.24) is 0 Å². The number of allylic oxidation sites excluding steroid dienone is 2. The van der Waals surface area contributed by atoms with Gasteiger partial charge in [-0.3, -0.25) is 0 Å². The van der Waals surface area contributed by atoms with Crippen LogP contribution < -0.4 is 0 Å². The minimum atomic E-state index is 0.0625. The maximum absolute atomic E-state index is 2.28. The van der Waals surface area contributed by atoms with Crippen LogP contribution in [-0.2, 0) is 0 Å². The van der Waals surface area contributed by atoms with Crippen molar-refractivity contribution < 1.29 is 0 Å². The summed E-state index contributed by atoms with van der Waals surface area (Å²) in [5.41, 5.74) is 0. The van der Waals surface area contributed by atoms with E-state index in [0.29, 0.717) is 0 Å². The summed E-state index contributed by atoms with van der Waals surface area (Å²) >= 11 is 0.0625. The van der Waals surface area contributed by atoms with E-state index < -0.39 is 0 Å². The molecule has 1 heterocycles. The van der Waals surface area contributed by atoms with Crippen molar-refractivity contribution in [2.24, 2.45) is 0 Å². The van der Waals surface area contributed by atoms with Crippen LogP contribution >= 0.6 is 0 Å². The van der Waals surface area contributed by atoms with Crippen molar-refractivity contribution in [2.45, 2.75) is 0 Å². The number of rotatable bonds is 0. The fourth-order valence-electron chi connectivity index (χ4n) is 0.321. The van der Waals surface area contributed by atoms with Crippen molar-refractivity contribution in [1.29, 1.82) is 0 Å². The van der Waals surface area contributed by atoms with E-state index in [1.54, 1.807) is 0 Å². The summed E-state index contributed by atoms with van der Waals surface area (Å²) in [5.74, 6) is 0. The van der Waals surface area contributed by atoms with Crippen molar-refractivity contribution in [2.75, 3.05) is 0 Å². The summed E-state index contributed by atoms with van der Waals surface area (Å²) in [6, 6.07) is 0. The molecule has 1 rings (SSSR count). The summed E-state index contributed by atoms with van der Waals surface area (Å²) in [7, 11) is 0.